The van der Waals surface area contributed by atoms with E-state index in [0.717, 1.165) is 5.56 Å². The largest absolute Gasteiger partial charge is 0.490 e. The third-order valence-corrected chi connectivity index (χ3v) is 5.65. The maximum Gasteiger partial charge on any atom is 0.251 e. The second kappa shape index (κ2) is 11.0. The van der Waals surface area contributed by atoms with Gasteiger partial charge in [0.05, 0.1) is 19.0 Å². The van der Waals surface area contributed by atoms with E-state index in [-0.39, 0.29) is 24.2 Å². The molecule has 2 N–H and O–H groups in total. The third-order valence-electron chi connectivity index (χ3n) is 4.12. The van der Waals surface area contributed by atoms with Gasteiger partial charge in [-0.05, 0) is 57.0 Å². The predicted octanol–water partition coefficient (Wildman–Crippen LogP) is 3.24. The smallest absolute Gasteiger partial charge is 0.251 e. The van der Waals surface area contributed by atoms with Gasteiger partial charge < -0.3 is 14.8 Å². The molecule has 0 fully saturated rings. The Labute approximate surface area is 178 Å². The van der Waals surface area contributed by atoms with Crippen molar-refractivity contribution in [2.45, 2.75) is 46.0 Å². The molecule has 0 saturated heterocycles. The number of ether oxygens (including phenoxy) is 2. The lowest BCUT2D eigenvalue weighted by Crippen LogP contribution is -2.32. The first-order chi connectivity index (χ1) is 14.3. The topological polar surface area (TPSA) is 93.7 Å². The molecule has 2 aromatic rings. The molecule has 0 unspecified atom stereocenters. The lowest BCUT2D eigenvalue weighted by atomic mass is 10.1. The Kier molecular flexibility index (Phi) is 8.68. The fourth-order valence-electron chi connectivity index (χ4n) is 2.95. The second-order valence-electron chi connectivity index (χ2n) is 7.01. The molecular weight excluding hydrogens is 404 g/mol. The van der Waals surface area contributed by atoms with Crippen LogP contribution in [0.4, 0.5) is 0 Å². The second-order valence-corrected chi connectivity index (χ2v) is 8.76. The summed E-state index contributed by atoms with van der Waals surface area (Å²) in [6.07, 6.45) is 0. The van der Waals surface area contributed by atoms with E-state index in [0.29, 0.717) is 35.8 Å². The molecule has 0 heterocycles. The van der Waals surface area contributed by atoms with E-state index >= 15 is 0 Å². The van der Waals surface area contributed by atoms with E-state index in [9.17, 15) is 13.2 Å². The van der Waals surface area contributed by atoms with Crippen LogP contribution >= 0.6 is 0 Å². The van der Waals surface area contributed by atoms with Crippen molar-refractivity contribution in [1.29, 1.82) is 0 Å². The zero-order chi connectivity index (χ0) is 22.1. The van der Waals surface area contributed by atoms with Crippen molar-refractivity contribution < 1.29 is 22.7 Å². The molecule has 0 atom stereocenters. The molecular formula is C22H30N2O5S. The summed E-state index contributed by atoms with van der Waals surface area (Å²) in [6, 6.07) is 12.0. The molecule has 2 rings (SSSR count). The van der Waals surface area contributed by atoms with Crippen molar-refractivity contribution in [3.8, 4) is 11.5 Å². The van der Waals surface area contributed by atoms with Crippen molar-refractivity contribution in [3.05, 3.63) is 59.2 Å². The van der Waals surface area contributed by atoms with E-state index in [1.54, 1.807) is 44.2 Å². The number of nitrogens with one attached hydrogen (secondary N) is 2. The number of sulfonamides is 1. The van der Waals surface area contributed by atoms with Gasteiger partial charge >= 0.3 is 0 Å². The van der Waals surface area contributed by atoms with E-state index < -0.39 is 10.0 Å². The first-order valence-electron chi connectivity index (χ1n) is 10.00. The molecule has 0 aliphatic heterocycles. The molecule has 2 aromatic carbocycles. The molecule has 7 nitrogen and oxygen atoms in total. The quantitative estimate of drug-likeness (QED) is 0.566. The number of carbonyl (C=O) groups excluding carboxylic acids is 1. The van der Waals surface area contributed by atoms with Gasteiger partial charge in [0.25, 0.3) is 5.91 Å². The Bertz CT molecular complexity index is 958. The van der Waals surface area contributed by atoms with Crippen LogP contribution in [0.25, 0.3) is 0 Å². The molecule has 1 amide bonds. The molecule has 0 aliphatic rings. The van der Waals surface area contributed by atoms with E-state index in [1.165, 1.54) is 0 Å². The van der Waals surface area contributed by atoms with Gasteiger partial charge in [-0.15, -0.1) is 0 Å². The van der Waals surface area contributed by atoms with Gasteiger partial charge in [-0.3, -0.25) is 4.79 Å². The number of hydrogen-bond donors (Lipinski definition) is 2. The van der Waals surface area contributed by atoms with Gasteiger partial charge in [0.1, 0.15) is 0 Å². The van der Waals surface area contributed by atoms with Crippen LogP contribution in [0.3, 0.4) is 0 Å². The number of benzene rings is 2. The van der Waals surface area contributed by atoms with Crippen molar-refractivity contribution in [1.82, 2.24) is 10.0 Å². The van der Waals surface area contributed by atoms with Crippen molar-refractivity contribution in [2.24, 2.45) is 0 Å². The average Bonchev–Trinajstić information content (AvgIpc) is 2.67. The standard InChI is InChI=1S/C22H30N2O5S/c1-5-28-20-12-11-17(13-21(20)29-6-2)22(25)23-14-18-9-7-8-10-19(18)15-30(26,27)24-16(3)4/h7-13,16,24H,5-6,14-15H2,1-4H3,(H,23,25). The van der Waals surface area contributed by atoms with Crippen molar-refractivity contribution in [3.63, 3.8) is 0 Å². The minimum Gasteiger partial charge on any atom is -0.490 e. The molecule has 0 spiro atoms. The SMILES string of the molecule is CCOc1ccc(C(=O)NCc2ccccc2CS(=O)(=O)NC(C)C)cc1OCC. The Morgan fingerprint density at radius 3 is 2.23 bits per heavy atom. The summed E-state index contributed by atoms with van der Waals surface area (Å²) in [7, 11) is -3.46. The Hall–Kier alpha value is -2.58. The molecule has 0 saturated carbocycles. The van der Waals surface area contributed by atoms with Gasteiger partial charge in [-0.1, -0.05) is 24.3 Å². The van der Waals surface area contributed by atoms with Gasteiger partial charge in [-0.25, -0.2) is 13.1 Å². The van der Waals surface area contributed by atoms with Gasteiger partial charge in [0.15, 0.2) is 11.5 Å². The highest BCUT2D eigenvalue weighted by atomic mass is 32.2. The van der Waals surface area contributed by atoms with Crippen LogP contribution in [0.2, 0.25) is 0 Å². The molecule has 0 bridgehead atoms. The van der Waals surface area contributed by atoms with E-state index in [4.69, 9.17) is 9.47 Å². The molecule has 0 aromatic heterocycles. The first kappa shape index (κ1) is 23.7. The monoisotopic (exact) mass is 434 g/mol. The van der Waals surface area contributed by atoms with E-state index in [2.05, 4.69) is 10.0 Å². The summed E-state index contributed by atoms with van der Waals surface area (Å²) in [6.45, 7) is 8.46. The lowest BCUT2D eigenvalue weighted by molar-refractivity contribution is 0.0950. The summed E-state index contributed by atoms with van der Waals surface area (Å²) < 4.78 is 38.2. The number of carbonyl (C=O) groups is 1. The van der Waals surface area contributed by atoms with Crippen LogP contribution in [0.1, 0.15) is 49.2 Å². The number of amides is 1. The molecule has 8 heteroatoms. The molecule has 0 aliphatic carbocycles. The zero-order valence-corrected chi connectivity index (χ0v) is 18.7. The molecule has 164 valence electrons. The maximum atomic E-state index is 12.6. The van der Waals surface area contributed by atoms with Crippen LogP contribution in [0.5, 0.6) is 11.5 Å². The molecule has 0 radical (unpaired) electrons. The summed E-state index contributed by atoms with van der Waals surface area (Å²) in [5.41, 5.74) is 1.83. The summed E-state index contributed by atoms with van der Waals surface area (Å²) in [5, 5.41) is 2.85. The van der Waals surface area contributed by atoms with Crippen LogP contribution in [-0.2, 0) is 22.3 Å². The number of rotatable bonds is 11. The zero-order valence-electron chi connectivity index (χ0n) is 17.9. The van der Waals surface area contributed by atoms with Gasteiger partial charge in [0, 0.05) is 18.2 Å². The Balaban J connectivity index is 2.12. The third kappa shape index (κ3) is 7.03. The van der Waals surface area contributed by atoms with Crippen molar-refractivity contribution >= 4 is 15.9 Å². The van der Waals surface area contributed by atoms with Gasteiger partial charge in [-0.2, -0.15) is 0 Å². The minimum absolute atomic E-state index is 0.144. The Morgan fingerprint density at radius 1 is 0.967 bits per heavy atom. The predicted molar refractivity (Wildman–Crippen MR) is 117 cm³/mol. The maximum absolute atomic E-state index is 12.6. The van der Waals surface area contributed by atoms with Crippen LogP contribution < -0.4 is 19.5 Å². The highest BCUT2D eigenvalue weighted by molar-refractivity contribution is 7.88. The normalized spacial score (nSPS) is 11.4. The highest BCUT2D eigenvalue weighted by Gasteiger charge is 2.16. The lowest BCUT2D eigenvalue weighted by Gasteiger charge is -2.14. The van der Waals surface area contributed by atoms with Crippen LogP contribution in [0.15, 0.2) is 42.5 Å². The van der Waals surface area contributed by atoms with Crippen molar-refractivity contribution in [2.75, 3.05) is 13.2 Å². The first-order valence-corrected chi connectivity index (χ1v) is 11.7. The Morgan fingerprint density at radius 2 is 1.60 bits per heavy atom. The fraction of sp³-hybridized carbons (Fsp3) is 0.409. The highest BCUT2D eigenvalue weighted by Crippen LogP contribution is 2.28. The van der Waals surface area contributed by atoms with E-state index in [1.807, 2.05) is 26.0 Å². The average molecular weight is 435 g/mol. The van der Waals surface area contributed by atoms with Crippen LogP contribution in [-0.4, -0.2) is 33.6 Å². The summed E-state index contributed by atoms with van der Waals surface area (Å²) >= 11 is 0. The van der Waals surface area contributed by atoms with Crippen LogP contribution in [0, 0.1) is 0 Å². The summed E-state index contributed by atoms with van der Waals surface area (Å²) in [4.78, 5) is 12.6. The molecule has 30 heavy (non-hydrogen) atoms. The minimum atomic E-state index is -3.46. The fourth-order valence-corrected chi connectivity index (χ4v) is 4.44. The summed E-state index contributed by atoms with van der Waals surface area (Å²) in [5.74, 6) is 0.675. The number of hydrogen-bond acceptors (Lipinski definition) is 5. The van der Waals surface area contributed by atoms with Gasteiger partial charge in [0.2, 0.25) is 10.0 Å².